The van der Waals surface area contributed by atoms with Crippen molar-refractivity contribution in [2.75, 3.05) is 6.54 Å². The molecule has 1 aliphatic heterocycles. The van der Waals surface area contributed by atoms with Crippen molar-refractivity contribution in [3.63, 3.8) is 0 Å². The highest BCUT2D eigenvalue weighted by atomic mass is 32.2. The van der Waals surface area contributed by atoms with E-state index >= 15 is 0 Å². The Morgan fingerprint density at radius 3 is 2.64 bits per heavy atom. The van der Waals surface area contributed by atoms with E-state index in [0.29, 0.717) is 30.9 Å². The van der Waals surface area contributed by atoms with Crippen LogP contribution < -0.4 is 5.56 Å². The SMILES string of the molecule is Cc1ccc(S(=O)(=O)c2ncc(CN3CCc4nc(-c5ccncc5)[nH]c(=O)c4C3)s2)cc1. The number of nitrogens with one attached hydrogen (secondary N) is 1. The average molecular weight is 480 g/mol. The molecule has 33 heavy (non-hydrogen) atoms. The lowest BCUT2D eigenvalue weighted by atomic mass is 10.1. The third kappa shape index (κ3) is 4.37. The number of sulfone groups is 1. The number of nitrogens with zero attached hydrogens (tertiary/aromatic N) is 4. The highest BCUT2D eigenvalue weighted by molar-refractivity contribution is 7.93. The van der Waals surface area contributed by atoms with Crippen LogP contribution in [0.4, 0.5) is 0 Å². The van der Waals surface area contributed by atoms with Crippen molar-refractivity contribution in [1.82, 2.24) is 24.8 Å². The molecule has 0 unspecified atom stereocenters. The van der Waals surface area contributed by atoms with Crippen LogP contribution in [0.2, 0.25) is 0 Å². The first-order valence-electron chi connectivity index (χ1n) is 10.4. The molecule has 10 heteroatoms. The maximum absolute atomic E-state index is 12.9. The Balaban J connectivity index is 1.33. The minimum Gasteiger partial charge on any atom is -0.306 e. The van der Waals surface area contributed by atoms with Gasteiger partial charge in [0, 0.05) is 55.1 Å². The van der Waals surface area contributed by atoms with Crippen LogP contribution in [0.25, 0.3) is 11.4 Å². The number of pyridine rings is 1. The van der Waals surface area contributed by atoms with Gasteiger partial charge < -0.3 is 4.98 Å². The lowest BCUT2D eigenvalue weighted by Gasteiger charge is -2.27. The molecule has 168 valence electrons. The van der Waals surface area contributed by atoms with Gasteiger partial charge in [-0.25, -0.2) is 18.4 Å². The molecule has 0 atom stereocenters. The smallest absolute Gasteiger partial charge is 0.255 e. The highest BCUT2D eigenvalue weighted by Crippen LogP contribution is 2.27. The fraction of sp³-hybridized carbons (Fsp3) is 0.217. The largest absolute Gasteiger partial charge is 0.306 e. The number of hydrogen-bond acceptors (Lipinski definition) is 8. The van der Waals surface area contributed by atoms with Gasteiger partial charge in [-0.2, -0.15) is 0 Å². The van der Waals surface area contributed by atoms with E-state index in [1.54, 1.807) is 42.9 Å². The van der Waals surface area contributed by atoms with Gasteiger partial charge in [-0.15, -0.1) is 11.3 Å². The van der Waals surface area contributed by atoms with Crippen LogP contribution in [0.1, 0.15) is 21.7 Å². The molecule has 1 aliphatic rings. The van der Waals surface area contributed by atoms with Gasteiger partial charge in [0.15, 0.2) is 0 Å². The van der Waals surface area contributed by atoms with E-state index in [4.69, 9.17) is 0 Å². The zero-order valence-corrected chi connectivity index (χ0v) is 19.5. The number of rotatable bonds is 5. The van der Waals surface area contributed by atoms with Crippen LogP contribution in [-0.4, -0.2) is 39.8 Å². The number of benzene rings is 1. The lowest BCUT2D eigenvalue weighted by Crippen LogP contribution is -2.35. The zero-order chi connectivity index (χ0) is 23.0. The van der Waals surface area contributed by atoms with Crippen LogP contribution in [0.15, 0.2) is 69.0 Å². The molecular formula is C23H21N5O3S2. The van der Waals surface area contributed by atoms with Crippen molar-refractivity contribution < 1.29 is 8.42 Å². The summed E-state index contributed by atoms with van der Waals surface area (Å²) in [5, 5.41) is 0. The molecule has 8 nitrogen and oxygen atoms in total. The maximum Gasteiger partial charge on any atom is 0.255 e. The molecule has 3 aromatic heterocycles. The van der Waals surface area contributed by atoms with Crippen LogP contribution >= 0.6 is 11.3 Å². The van der Waals surface area contributed by atoms with E-state index in [1.165, 1.54) is 11.3 Å². The van der Waals surface area contributed by atoms with Crippen molar-refractivity contribution in [2.24, 2.45) is 0 Å². The van der Waals surface area contributed by atoms with Gasteiger partial charge in [-0.05, 0) is 31.2 Å². The number of aromatic amines is 1. The summed E-state index contributed by atoms with van der Waals surface area (Å²) in [7, 11) is -3.64. The summed E-state index contributed by atoms with van der Waals surface area (Å²) in [6, 6.07) is 10.4. The molecule has 0 fully saturated rings. The fourth-order valence-corrected chi connectivity index (χ4v) is 6.41. The van der Waals surface area contributed by atoms with Crippen LogP contribution in [0.5, 0.6) is 0 Å². The predicted molar refractivity (Wildman–Crippen MR) is 125 cm³/mol. The van der Waals surface area contributed by atoms with E-state index < -0.39 is 9.84 Å². The predicted octanol–water partition coefficient (Wildman–Crippen LogP) is 2.99. The summed E-state index contributed by atoms with van der Waals surface area (Å²) in [6.07, 6.45) is 5.58. The number of H-pyrrole nitrogens is 1. The van der Waals surface area contributed by atoms with Crippen molar-refractivity contribution in [1.29, 1.82) is 0 Å². The fourth-order valence-electron chi connectivity index (χ4n) is 3.79. The number of aromatic nitrogens is 4. The van der Waals surface area contributed by atoms with E-state index in [0.717, 1.165) is 28.2 Å². The zero-order valence-electron chi connectivity index (χ0n) is 17.9. The van der Waals surface area contributed by atoms with Crippen molar-refractivity contribution in [3.05, 3.63) is 87.0 Å². The monoisotopic (exact) mass is 479 g/mol. The highest BCUT2D eigenvalue weighted by Gasteiger charge is 2.25. The molecule has 0 aliphatic carbocycles. The molecular weight excluding hydrogens is 458 g/mol. The summed E-state index contributed by atoms with van der Waals surface area (Å²) in [6.45, 7) is 3.60. The Bertz CT molecular complexity index is 1460. The standard InChI is InChI=1S/C23H21N5O3S2/c1-15-2-4-18(5-3-15)33(30,31)23-25-12-17(32-23)13-28-11-8-20-19(14-28)22(29)27-21(26-20)16-6-9-24-10-7-16/h2-7,9-10,12H,8,11,13-14H2,1H3,(H,26,27,29). The van der Waals surface area contributed by atoms with Gasteiger partial charge in [-0.3, -0.25) is 14.7 Å². The molecule has 1 aromatic carbocycles. The number of fused-ring (bicyclic) bond motifs is 1. The average Bonchev–Trinajstić information content (AvgIpc) is 3.30. The van der Waals surface area contributed by atoms with Crippen molar-refractivity contribution >= 4 is 21.2 Å². The second-order valence-corrected chi connectivity index (χ2v) is 11.2. The Labute approximate surface area is 194 Å². The molecule has 1 N–H and O–H groups in total. The minimum absolute atomic E-state index is 0.0836. The maximum atomic E-state index is 12.9. The number of hydrogen-bond donors (Lipinski definition) is 1. The van der Waals surface area contributed by atoms with Gasteiger partial charge in [0.2, 0.25) is 14.2 Å². The molecule has 4 heterocycles. The quantitative estimate of drug-likeness (QED) is 0.469. The minimum atomic E-state index is -3.64. The Hall–Kier alpha value is -3.21. The summed E-state index contributed by atoms with van der Waals surface area (Å²) in [5.41, 5.74) is 3.11. The molecule has 0 saturated heterocycles. The summed E-state index contributed by atoms with van der Waals surface area (Å²) in [4.78, 5) is 31.6. The topological polar surface area (TPSA) is 109 Å². The molecule has 0 saturated carbocycles. The second kappa shape index (κ2) is 8.62. The number of thiazole rings is 1. The van der Waals surface area contributed by atoms with Gasteiger partial charge >= 0.3 is 0 Å². The Kier molecular flexibility index (Phi) is 5.65. The van der Waals surface area contributed by atoms with Gasteiger partial charge in [0.1, 0.15) is 5.82 Å². The third-order valence-electron chi connectivity index (χ3n) is 5.57. The first-order chi connectivity index (χ1) is 15.9. The van der Waals surface area contributed by atoms with Crippen LogP contribution in [0, 0.1) is 6.92 Å². The Morgan fingerprint density at radius 2 is 1.88 bits per heavy atom. The van der Waals surface area contributed by atoms with Crippen molar-refractivity contribution in [3.8, 4) is 11.4 Å². The molecule has 0 spiro atoms. The van der Waals surface area contributed by atoms with E-state index in [2.05, 4.69) is 24.8 Å². The van der Waals surface area contributed by atoms with Crippen LogP contribution in [0.3, 0.4) is 0 Å². The van der Waals surface area contributed by atoms with Crippen molar-refractivity contribution in [2.45, 2.75) is 35.7 Å². The summed E-state index contributed by atoms with van der Waals surface area (Å²) in [5.74, 6) is 0.544. The molecule has 0 radical (unpaired) electrons. The first kappa shape index (κ1) is 21.6. The van der Waals surface area contributed by atoms with E-state index in [1.807, 2.05) is 19.1 Å². The van der Waals surface area contributed by atoms with Gasteiger partial charge in [-0.1, -0.05) is 17.7 Å². The number of aryl methyl sites for hydroxylation is 1. The normalized spacial score (nSPS) is 14.2. The molecule has 5 rings (SSSR count). The second-order valence-electron chi connectivity index (χ2n) is 7.95. The molecule has 4 aromatic rings. The van der Waals surface area contributed by atoms with E-state index in [9.17, 15) is 13.2 Å². The lowest BCUT2D eigenvalue weighted by molar-refractivity contribution is 0.244. The molecule has 0 bridgehead atoms. The summed E-state index contributed by atoms with van der Waals surface area (Å²) < 4.78 is 25.9. The summed E-state index contributed by atoms with van der Waals surface area (Å²) >= 11 is 1.17. The van der Waals surface area contributed by atoms with Gasteiger partial charge in [0.25, 0.3) is 5.56 Å². The Morgan fingerprint density at radius 1 is 1.12 bits per heavy atom. The third-order valence-corrected chi connectivity index (χ3v) is 8.72. The van der Waals surface area contributed by atoms with Crippen LogP contribution in [-0.2, 0) is 29.3 Å². The van der Waals surface area contributed by atoms with Gasteiger partial charge in [0.05, 0.1) is 16.2 Å². The molecule has 0 amide bonds. The van der Waals surface area contributed by atoms with E-state index in [-0.39, 0.29) is 14.8 Å². The first-order valence-corrected chi connectivity index (χ1v) is 12.7.